The van der Waals surface area contributed by atoms with E-state index in [9.17, 15) is 13.2 Å². The van der Waals surface area contributed by atoms with Gasteiger partial charge in [-0.25, -0.2) is 10.8 Å². The van der Waals surface area contributed by atoms with Gasteiger partial charge in [0.15, 0.2) is 5.69 Å². The molecular formula is C12H11BrF3N5. The van der Waals surface area contributed by atoms with Crippen molar-refractivity contribution in [3.05, 3.63) is 46.1 Å². The number of alkyl halides is 3. The molecule has 0 fully saturated rings. The Bertz CT molecular complexity index is 633. The molecule has 0 radical (unpaired) electrons. The quantitative estimate of drug-likeness (QED) is 0.576. The molecule has 2 aromatic rings. The zero-order valence-corrected chi connectivity index (χ0v) is 12.2. The number of hydrogen-bond donors (Lipinski definition) is 3. The minimum atomic E-state index is -4.57. The van der Waals surface area contributed by atoms with E-state index in [2.05, 4.69) is 31.2 Å². The monoisotopic (exact) mass is 361 g/mol. The Morgan fingerprint density at radius 2 is 1.95 bits per heavy atom. The number of halogens is 4. The molecule has 0 aliphatic carbocycles. The van der Waals surface area contributed by atoms with Crippen LogP contribution in [0, 0.1) is 0 Å². The van der Waals surface area contributed by atoms with Crippen molar-refractivity contribution in [1.29, 1.82) is 0 Å². The largest absolute Gasteiger partial charge is 0.433 e. The van der Waals surface area contributed by atoms with Crippen LogP contribution in [0.4, 0.5) is 24.9 Å². The average molecular weight is 362 g/mol. The normalized spacial score (nSPS) is 11.3. The summed E-state index contributed by atoms with van der Waals surface area (Å²) in [6.07, 6.45) is -4.57. The zero-order chi connectivity index (χ0) is 15.5. The van der Waals surface area contributed by atoms with Gasteiger partial charge in [-0.1, -0.05) is 28.1 Å². The van der Waals surface area contributed by atoms with Crippen molar-refractivity contribution in [2.24, 2.45) is 5.84 Å². The Morgan fingerprint density at radius 3 is 2.57 bits per heavy atom. The highest BCUT2D eigenvalue weighted by molar-refractivity contribution is 9.10. The summed E-state index contributed by atoms with van der Waals surface area (Å²) in [4.78, 5) is 7.11. The zero-order valence-electron chi connectivity index (χ0n) is 10.6. The number of benzene rings is 1. The molecule has 0 unspecified atom stereocenters. The minimum absolute atomic E-state index is 0.0326. The van der Waals surface area contributed by atoms with E-state index < -0.39 is 11.9 Å². The number of nitrogens with two attached hydrogens (primary N) is 1. The van der Waals surface area contributed by atoms with E-state index in [0.717, 1.165) is 16.1 Å². The van der Waals surface area contributed by atoms with Crippen molar-refractivity contribution < 1.29 is 13.2 Å². The molecule has 0 aliphatic heterocycles. The van der Waals surface area contributed by atoms with E-state index in [1.165, 1.54) is 0 Å². The van der Waals surface area contributed by atoms with Crippen molar-refractivity contribution in [3.63, 3.8) is 0 Å². The molecule has 0 saturated heterocycles. The van der Waals surface area contributed by atoms with E-state index in [0.29, 0.717) is 6.54 Å². The lowest BCUT2D eigenvalue weighted by molar-refractivity contribution is -0.141. The van der Waals surface area contributed by atoms with Crippen molar-refractivity contribution in [1.82, 2.24) is 9.97 Å². The first kappa shape index (κ1) is 15.5. The Morgan fingerprint density at radius 1 is 1.19 bits per heavy atom. The number of nitrogen functional groups attached to an aromatic ring is 1. The standard InChI is InChI=1S/C12H11BrF3N5/c13-8-3-1-2-7(4-8)6-18-10-5-9(12(14,15)16)19-11(20-10)21-17/h1-5H,6,17H2,(H2,18,19,20,21). The molecule has 0 aliphatic rings. The van der Waals surface area contributed by atoms with Gasteiger partial charge in [0, 0.05) is 17.1 Å². The molecule has 0 spiro atoms. The second kappa shape index (κ2) is 6.27. The maximum absolute atomic E-state index is 12.7. The lowest BCUT2D eigenvalue weighted by Crippen LogP contribution is -2.16. The van der Waals surface area contributed by atoms with Crippen molar-refractivity contribution in [2.75, 3.05) is 10.7 Å². The molecule has 0 saturated carbocycles. The summed E-state index contributed by atoms with van der Waals surface area (Å²) < 4.78 is 39.0. The van der Waals surface area contributed by atoms with Gasteiger partial charge in [0.05, 0.1) is 0 Å². The van der Waals surface area contributed by atoms with Gasteiger partial charge >= 0.3 is 6.18 Å². The maximum atomic E-state index is 12.7. The summed E-state index contributed by atoms with van der Waals surface area (Å²) >= 11 is 3.32. The van der Waals surface area contributed by atoms with Gasteiger partial charge in [0.1, 0.15) is 5.82 Å². The molecule has 9 heteroatoms. The molecule has 1 aromatic heterocycles. The van der Waals surface area contributed by atoms with Crippen LogP contribution in [-0.4, -0.2) is 9.97 Å². The molecular weight excluding hydrogens is 351 g/mol. The number of rotatable bonds is 4. The van der Waals surface area contributed by atoms with Crippen LogP contribution in [0.25, 0.3) is 0 Å². The van der Waals surface area contributed by atoms with Crippen molar-refractivity contribution in [3.8, 4) is 0 Å². The lowest BCUT2D eigenvalue weighted by Gasteiger charge is -2.11. The molecule has 0 amide bonds. The fourth-order valence-corrected chi connectivity index (χ4v) is 2.03. The third-order valence-electron chi connectivity index (χ3n) is 2.51. The Labute approximate surface area is 126 Å². The highest BCUT2D eigenvalue weighted by Crippen LogP contribution is 2.29. The second-order valence-electron chi connectivity index (χ2n) is 4.09. The van der Waals surface area contributed by atoms with E-state index in [4.69, 9.17) is 5.84 Å². The number of hydrazine groups is 1. The van der Waals surface area contributed by atoms with Gasteiger partial charge in [0.2, 0.25) is 5.95 Å². The Balaban J connectivity index is 2.19. The highest BCUT2D eigenvalue weighted by Gasteiger charge is 2.33. The summed E-state index contributed by atoms with van der Waals surface area (Å²) in [5.41, 5.74) is 1.84. The van der Waals surface area contributed by atoms with Gasteiger partial charge in [-0.05, 0) is 17.7 Å². The third kappa shape index (κ3) is 4.30. The van der Waals surface area contributed by atoms with Gasteiger partial charge < -0.3 is 5.32 Å². The summed E-state index contributed by atoms with van der Waals surface area (Å²) in [6.45, 7) is 0.317. The molecule has 0 bridgehead atoms. The molecule has 21 heavy (non-hydrogen) atoms. The first-order valence-electron chi connectivity index (χ1n) is 5.79. The topological polar surface area (TPSA) is 75.9 Å². The summed E-state index contributed by atoms with van der Waals surface area (Å²) in [5, 5.41) is 2.81. The number of hydrogen-bond acceptors (Lipinski definition) is 5. The van der Waals surface area contributed by atoms with E-state index in [1.807, 2.05) is 29.7 Å². The van der Waals surface area contributed by atoms with E-state index in [-0.39, 0.29) is 11.8 Å². The lowest BCUT2D eigenvalue weighted by atomic mass is 10.2. The predicted octanol–water partition coefficient (Wildman–Crippen LogP) is 3.16. The number of nitrogens with zero attached hydrogens (tertiary/aromatic N) is 2. The Hall–Kier alpha value is -1.87. The summed E-state index contributed by atoms with van der Waals surface area (Å²) in [6, 6.07) is 8.20. The van der Waals surface area contributed by atoms with Crippen LogP contribution in [0.3, 0.4) is 0 Å². The van der Waals surface area contributed by atoms with Crippen LogP contribution in [-0.2, 0) is 12.7 Å². The predicted molar refractivity (Wildman–Crippen MR) is 76.3 cm³/mol. The first-order valence-corrected chi connectivity index (χ1v) is 6.59. The minimum Gasteiger partial charge on any atom is -0.366 e. The highest BCUT2D eigenvalue weighted by atomic mass is 79.9. The molecule has 0 atom stereocenters. The van der Waals surface area contributed by atoms with Gasteiger partial charge in [-0.3, -0.25) is 5.43 Å². The smallest absolute Gasteiger partial charge is 0.366 e. The van der Waals surface area contributed by atoms with Crippen LogP contribution in [0.15, 0.2) is 34.8 Å². The third-order valence-corrected chi connectivity index (χ3v) is 3.00. The van der Waals surface area contributed by atoms with Crippen LogP contribution in [0.2, 0.25) is 0 Å². The Kier molecular flexibility index (Phi) is 4.63. The van der Waals surface area contributed by atoms with Crippen molar-refractivity contribution in [2.45, 2.75) is 12.7 Å². The van der Waals surface area contributed by atoms with Crippen molar-refractivity contribution >= 4 is 27.7 Å². The van der Waals surface area contributed by atoms with Crippen LogP contribution >= 0.6 is 15.9 Å². The SMILES string of the molecule is NNc1nc(NCc2cccc(Br)c2)cc(C(F)(F)F)n1. The molecule has 5 nitrogen and oxygen atoms in total. The maximum Gasteiger partial charge on any atom is 0.433 e. The van der Waals surface area contributed by atoms with Gasteiger partial charge in [0.25, 0.3) is 0 Å². The van der Waals surface area contributed by atoms with Crippen LogP contribution in [0.1, 0.15) is 11.3 Å². The first-order chi connectivity index (χ1) is 9.88. The molecule has 1 heterocycles. The van der Waals surface area contributed by atoms with Gasteiger partial charge in [-0.15, -0.1) is 0 Å². The van der Waals surface area contributed by atoms with Crippen LogP contribution < -0.4 is 16.6 Å². The summed E-state index contributed by atoms with van der Waals surface area (Å²) in [5.74, 6) is 4.81. The number of nitrogens with one attached hydrogen (secondary N) is 2. The fraction of sp³-hybridized carbons (Fsp3) is 0.167. The summed E-state index contributed by atoms with van der Waals surface area (Å²) in [7, 11) is 0. The fourth-order valence-electron chi connectivity index (χ4n) is 1.59. The average Bonchev–Trinajstić information content (AvgIpc) is 2.44. The molecule has 112 valence electrons. The number of aromatic nitrogens is 2. The molecule has 1 aromatic carbocycles. The molecule has 2 rings (SSSR count). The number of anilines is 2. The van der Waals surface area contributed by atoms with Crippen LogP contribution in [0.5, 0.6) is 0 Å². The van der Waals surface area contributed by atoms with E-state index >= 15 is 0 Å². The van der Waals surface area contributed by atoms with E-state index in [1.54, 1.807) is 0 Å². The van der Waals surface area contributed by atoms with Gasteiger partial charge in [-0.2, -0.15) is 18.2 Å². The molecule has 4 N–H and O–H groups in total. The second-order valence-corrected chi connectivity index (χ2v) is 5.00.